The monoisotopic (exact) mass is 177 g/mol. The van der Waals surface area contributed by atoms with E-state index in [9.17, 15) is 4.39 Å². The van der Waals surface area contributed by atoms with Gasteiger partial charge in [0.1, 0.15) is 5.82 Å². The molecule has 0 bridgehead atoms. The molecular formula is C10H8FNO. The van der Waals surface area contributed by atoms with Crippen molar-refractivity contribution in [2.75, 3.05) is 0 Å². The first-order valence-electron chi connectivity index (χ1n) is 3.95. The minimum atomic E-state index is -0.310. The van der Waals surface area contributed by atoms with Crippen LogP contribution in [0.4, 0.5) is 4.39 Å². The smallest absolute Gasteiger partial charge is 0.125 e. The molecule has 0 fully saturated rings. The van der Waals surface area contributed by atoms with E-state index < -0.39 is 0 Å². The number of benzene rings is 1. The van der Waals surface area contributed by atoms with Crippen LogP contribution in [0.3, 0.4) is 0 Å². The number of pyridine rings is 1. The number of aliphatic hydroxyl groups is 1. The lowest BCUT2D eigenvalue weighted by atomic mass is 10.2. The van der Waals surface area contributed by atoms with E-state index in [2.05, 4.69) is 4.98 Å². The third kappa shape index (κ3) is 1.51. The third-order valence-corrected chi connectivity index (χ3v) is 1.87. The topological polar surface area (TPSA) is 33.1 Å². The highest BCUT2D eigenvalue weighted by molar-refractivity contribution is 5.78. The molecular weight excluding hydrogens is 169 g/mol. The zero-order chi connectivity index (χ0) is 9.26. The summed E-state index contributed by atoms with van der Waals surface area (Å²) in [6, 6.07) is 7.95. The second kappa shape index (κ2) is 3.11. The molecule has 1 aromatic carbocycles. The van der Waals surface area contributed by atoms with Crippen molar-refractivity contribution in [1.82, 2.24) is 4.98 Å². The summed E-state index contributed by atoms with van der Waals surface area (Å²) in [7, 11) is 0. The highest BCUT2D eigenvalue weighted by Crippen LogP contribution is 2.13. The fourth-order valence-corrected chi connectivity index (χ4v) is 1.22. The Labute approximate surface area is 74.7 Å². The van der Waals surface area contributed by atoms with Gasteiger partial charge in [-0.2, -0.15) is 0 Å². The minimum absolute atomic E-state index is 0.119. The predicted molar refractivity (Wildman–Crippen MR) is 47.6 cm³/mol. The van der Waals surface area contributed by atoms with Gasteiger partial charge < -0.3 is 5.11 Å². The normalized spacial score (nSPS) is 10.6. The highest BCUT2D eigenvalue weighted by Gasteiger charge is 1.98. The average Bonchev–Trinajstić information content (AvgIpc) is 2.16. The molecule has 0 aliphatic rings. The van der Waals surface area contributed by atoms with Crippen molar-refractivity contribution in [3.05, 3.63) is 41.8 Å². The van der Waals surface area contributed by atoms with E-state index in [0.717, 1.165) is 5.39 Å². The molecule has 0 saturated heterocycles. The van der Waals surface area contributed by atoms with Gasteiger partial charge in [0, 0.05) is 11.5 Å². The first-order valence-corrected chi connectivity index (χ1v) is 3.95. The van der Waals surface area contributed by atoms with Gasteiger partial charge in [0.05, 0.1) is 17.8 Å². The van der Waals surface area contributed by atoms with Crippen LogP contribution < -0.4 is 0 Å². The number of aliphatic hydroxyl groups excluding tert-OH is 1. The Morgan fingerprint density at radius 3 is 2.77 bits per heavy atom. The quantitative estimate of drug-likeness (QED) is 0.721. The molecule has 2 aromatic rings. The van der Waals surface area contributed by atoms with Crippen molar-refractivity contribution in [3.63, 3.8) is 0 Å². The maximum atomic E-state index is 12.8. The molecule has 1 heterocycles. The Morgan fingerprint density at radius 2 is 2.00 bits per heavy atom. The van der Waals surface area contributed by atoms with Gasteiger partial charge in [-0.15, -0.1) is 0 Å². The summed E-state index contributed by atoms with van der Waals surface area (Å²) in [5.41, 5.74) is 1.13. The molecule has 0 atom stereocenters. The fourth-order valence-electron chi connectivity index (χ4n) is 1.22. The summed E-state index contributed by atoms with van der Waals surface area (Å²) in [6.07, 6.45) is 0. The van der Waals surface area contributed by atoms with E-state index in [1.54, 1.807) is 12.1 Å². The van der Waals surface area contributed by atoms with Crippen LogP contribution in [0.2, 0.25) is 0 Å². The number of halogens is 1. The van der Waals surface area contributed by atoms with Crippen LogP contribution in [-0.4, -0.2) is 10.1 Å². The molecule has 13 heavy (non-hydrogen) atoms. The van der Waals surface area contributed by atoms with Gasteiger partial charge in [-0.3, -0.25) is 4.98 Å². The van der Waals surface area contributed by atoms with Gasteiger partial charge in [0.15, 0.2) is 0 Å². The highest BCUT2D eigenvalue weighted by atomic mass is 19.1. The van der Waals surface area contributed by atoms with Crippen LogP contribution >= 0.6 is 0 Å². The van der Waals surface area contributed by atoms with Crippen LogP contribution in [-0.2, 0) is 6.61 Å². The van der Waals surface area contributed by atoms with Crippen molar-refractivity contribution < 1.29 is 9.50 Å². The van der Waals surface area contributed by atoms with Crippen molar-refractivity contribution in [2.24, 2.45) is 0 Å². The molecule has 2 nitrogen and oxygen atoms in total. The molecule has 1 N–H and O–H groups in total. The summed E-state index contributed by atoms with van der Waals surface area (Å²) in [5, 5.41) is 9.68. The van der Waals surface area contributed by atoms with Gasteiger partial charge in [0.25, 0.3) is 0 Å². The Balaban J connectivity index is 2.68. The van der Waals surface area contributed by atoms with E-state index in [4.69, 9.17) is 5.11 Å². The lowest BCUT2D eigenvalue weighted by Crippen LogP contribution is -1.89. The number of nitrogens with zero attached hydrogens (tertiary/aromatic N) is 1. The number of hydrogen-bond donors (Lipinski definition) is 1. The third-order valence-electron chi connectivity index (χ3n) is 1.87. The van der Waals surface area contributed by atoms with Gasteiger partial charge in [-0.05, 0) is 18.2 Å². The van der Waals surface area contributed by atoms with E-state index in [0.29, 0.717) is 11.2 Å². The van der Waals surface area contributed by atoms with E-state index in [1.165, 1.54) is 12.1 Å². The first kappa shape index (κ1) is 8.13. The summed E-state index contributed by atoms with van der Waals surface area (Å²) in [5.74, 6) is -0.310. The van der Waals surface area contributed by atoms with Crippen LogP contribution in [0.5, 0.6) is 0 Å². The molecule has 3 heteroatoms. The van der Waals surface area contributed by atoms with E-state index in [-0.39, 0.29) is 12.4 Å². The Bertz CT molecular complexity index is 442. The molecule has 0 radical (unpaired) electrons. The van der Waals surface area contributed by atoms with Crippen LogP contribution in [0, 0.1) is 5.82 Å². The lowest BCUT2D eigenvalue weighted by Gasteiger charge is -1.99. The predicted octanol–water partition coefficient (Wildman–Crippen LogP) is 1.87. The Hall–Kier alpha value is -1.48. The largest absolute Gasteiger partial charge is 0.390 e. The molecule has 1 aromatic heterocycles. The average molecular weight is 177 g/mol. The lowest BCUT2D eigenvalue weighted by molar-refractivity contribution is 0.277. The maximum Gasteiger partial charge on any atom is 0.125 e. The zero-order valence-electron chi connectivity index (χ0n) is 6.87. The van der Waals surface area contributed by atoms with Crippen molar-refractivity contribution in [3.8, 4) is 0 Å². The van der Waals surface area contributed by atoms with Crippen molar-refractivity contribution in [1.29, 1.82) is 0 Å². The standard InChI is InChI=1S/C10H8FNO/c11-8-3-1-7-2-4-9(6-13)12-10(7)5-8/h1-5,13H,6H2. The summed E-state index contributed by atoms with van der Waals surface area (Å²) in [6.45, 7) is -0.119. The number of rotatable bonds is 1. The zero-order valence-corrected chi connectivity index (χ0v) is 6.87. The van der Waals surface area contributed by atoms with Crippen LogP contribution in [0.15, 0.2) is 30.3 Å². The number of hydrogen-bond acceptors (Lipinski definition) is 2. The van der Waals surface area contributed by atoms with Gasteiger partial charge >= 0.3 is 0 Å². The van der Waals surface area contributed by atoms with E-state index in [1.807, 2.05) is 6.07 Å². The molecule has 2 rings (SSSR count). The van der Waals surface area contributed by atoms with Gasteiger partial charge in [0.2, 0.25) is 0 Å². The van der Waals surface area contributed by atoms with Gasteiger partial charge in [-0.1, -0.05) is 6.07 Å². The molecule has 0 spiro atoms. The summed E-state index contributed by atoms with van der Waals surface area (Å²) >= 11 is 0. The van der Waals surface area contributed by atoms with Crippen molar-refractivity contribution in [2.45, 2.75) is 6.61 Å². The molecule has 0 aliphatic carbocycles. The van der Waals surface area contributed by atoms with E-state index >= 15 is 0 Å². The van der Waals surface area contributed by atoms with Crippen LogP contribution in [0.25, 0.3) is 10.9 Å². The molecule has 0 saturated carbocycles. The molecule has 66 valence electrons. The molecule has 0 amide bonds. The minimum Gasteiger partial charge on any atom is -0.390 e. The molecule has 0 unspecified atom stereocenters. The summed E-state index contributed by atoms with van der Waals surface area (Å²) in [4.78, 5) is 4.06. The summed E-state index contributed by atoms with van der Waals surface area (Å²) < 4.78 is 12.8. The second-order valence-corrected chi connectivity index (χ2v) is 2.80. The number of fused-ring (bicyclic) bond motifs is 1. The molecule has 0 aliphatic heterocycles. The second-order valence-electron chi connectivity index (χ2n) is 2.80. The van der Waals surface area contributed by atoms with Crippen LogP contribution in [0.1, 0.15) is 5.69 Å². The maximum absolute atomic E-state index is 12.8. The fraction of sp³-hybridized carbons (Fsp3) is 0.100. The SMILES string of the molecule is OCc1ccc2ccc(F)cc2n1. The Kier molecular flexibility index (Phi) is 1.94. The van der Waals surface area contributed by atoms with Crippen molar-refractivity contribution >= 4 is 10.9 Å². The first-order chi connectivity index (χ1) is 6.29. The number of aromatic nitrogens is 1. The Morgan fingerprint density at radius 1 is 1.23 bits per heavy atom. The van der Waals surface area contributed by atoms with Gasteiger partial charge in [-0.25, -0.2) is 4.39 Å².